The Hall–Kier alpha value is -3.12. The summed E-state index contributed by atoms with van der Waals surface area (Å²) >= 11 is 0. The van der Waals surface area contributed by atoms with Gasteiger partial charge in [0.2, 0.25) is 0 Å². The van der Waals surface area contributed by atoms with Crippen molar-refractivity contribution in [1.29, 1.82) is 0 Å². The Bertz CT molecular complexity index is 866. The van der Waals surface area contributed by atoms with Crippen LogP contribution in [0.3, 0.4) is 0 Å². The molecular weight excluding hydrogens is 479 g/mol. The van der Waals surface area contributed by atoms with E-state index in [-0.39, 0.29) is 20.4 Å². The molecule has 0 amide bonds. The molecule has 3 rings (SSSR count). The van der Waals surface area contributed by atoms with Gasteiger partial charge in [0.15, 0.2) is 0 Å². The monoisotopic (exact) mass is 512 g/mol. The molecule has 0 bridgehead atoms. The van der Waals surface area contributed by atoms with Gasteiger partial charge in [-0.1, -0.05) is 36.4 Å². The predicted molar refractivity (Wildman–Crippen MR) is 137 cm³/mol. The number of methoxy groups -OCH3 is 3. The van der Waals surface area contributed by atoms with Gasteiger partial charge in [-0.2, -0.15) is 0 Å². The highest BCUT2D eigenvalue weighted by atomic mass is 16.8. The molecule has 0 saturated carbocycles. The lowest BCUT2D eigenvalue weighted by Gasteiger charge is -2.15. The predicted octanol–water partition coefficient (Wildman–Crippen LogP) is 4.57. The van der Waals surface area contributed by atoms with Gasteiger partial charge in [0, 0.05) is 0 Å². The maximum absolute atomic E-state index is 5.59. The lowest BCUT2D eigenvalue weighted by atomic mass is 10.2. The maximum Gasteiger partial charge on any atom is 0.644 e. The van der Waals surface area contributed by atoms with E-state index in [2.05, 4.69) is 0 Å². The molecule has 0 atom stereocenters. The Labute approximate surface area is 218 Å². The van der Waals surface area contributed by atoms with Gasteiger partial charge in [0.25, 0.3) is 0 Å². The van der Waals surface area contributed by atoms with Crippen LogP contribution in [0.4, 0.5) is 0 Å². The summed E-state index contributed by atoms with van der Waals surface area (Å²) in [4.78, 5) is 0. The summed E-state index contributed by atoms with van der Waals surface area (Å²) in [6.45, 7) is 0.935. The zero-order valence-electron chi connectivity index (χ0n) is 21.4. The molecule has 0 spiro atoms. The molecule has 0 heterocycles. The molecule has 0 aliphatic carbocycles. The first kappa shape index (κ1) is 28.5. The number of hydrogen-bond acceptors (Lipinski definition) is 9. The Morgan fingerprint density at radius 1 is 0.432 bits per heavy atom. The van der Waals surface area contributed by atoms with E-state index in [1.165, 1.54) is 0 Å². The van der Waals surface area contributed by atoms with Gasteiger partial charge in [0.05, 0.1) is 41.2 Å². The van der Waals surface area contributed by atoms with Gasteiger partial charge in [-0.25, -0.2) is 0 Å². The molecule has 0 saturated heterocycles. The average molecular weight is 512 g/mol. The van der Waals surface area contributed by atoms with Crippen LogP contribution in [0.1, 0.15) is 16.7 Å². The molecule has 198 valence electrons. The van der Waals surface area contributed by atoms with Crippen molar-refractivity contribution >= 4 is 7.32 Å². The highest BCUT2D eigenvalue weighted by molar-refractivity contribution is 6.36. The fourth-order valence-corrected chi connectivity index (χ4v) is 3.10. The Balaban J connectivity index is 1.40. The third-order valence-electron chi connectivity index (χ3n) is 5.15. The number of rotatable bonds is 18. The second-order valence-electron chi connectivity index (χ2n) is 7.73. The molecular formula is C27H33BO9. The first-order valence-electron chi connectivity index (χ1n) is 11.7. The van der Waals surface area contributed by atoms with E-state index in [0.717, 1.165) is 33.9 Å². The molecule has 0 radical (unpaired) electrons. The van der Waals surface area contributed by atoms with Gasteiger partial charge in [-0.3, -0.25) is 0 Å². The van der Waals surface area contributed by atoms with E-state index < -0.39 is 7.32 Å². The summed E-state index contributed by atoms with van der Waals surface area (Å²) in [7, 11) is 3.84. The quantitative estimate of drug-likeness (QED) is 0.138. The number of benzene rings is 3. The third kappa shape index (κ3) is 10.8. The minimum Gasteiger partial charge on any atom is -0.497 e. The summed E-state index contributed by atoms with van der Waals surface area (Å²) in [5.74, 6) is 2.35. The van der Waals surface area contributed by atoms with E-state index in [1.807, 2.05) is 72.8 Å². The van der Waals surface area contributed by atoms with Crippen molar-refractivity contribution in [2.45, 2.75) is 19.8 Å². The molecule has 3 aromatic carbocycles. The van der Waals surface area contributed by atoms with Gasteiger partial charge < -0.3 is 42.4 Å². The van der Waals surface area contributed by atoms with Crippen molar-refractivity contribution in [3.63, 3.8) is 0 Å². The minimum absolute atomic E-state index is 0.0480. The Kier molecular flexibility index (Phi) is 12.8. The fourth-order valence-electron chi connectivity index (χ4n) is 3.10. The second kappa shape index (κ2) is 16.6. The standard InChI is InChI=1S/C27H33BO9/c1-29-25-10-4-22(5-11-25)16-32-19-35-28(36-20-33-17-23-6-12-26(30-2)13-7-23)37-21-34-18-24-8-14-27(31-3)15-9-24/h4-15H,16-21H2,1-3H3. The van der Waals surface area contributed by atoms with Crippen LogP contribution < -0.4 is 14.2 Å². The SMILES string of the molecule is COc1ccc(COCOB(OCOCc2ccc(OC)cc2)OCOCc2ccc(OC)cc2)cc1. The molecule has 0 unspecified atom stereocenters. The normalized spacial score (nSPS) is 10.8. The average Bonchev–Trinajstić information content (AvgIpc) is 2.96. The topological polar surface area (TPSA) is 83.1 Å². The molecule has 0 aliphatic heterocycles. The lowest BCUT2D eigenvalue weighted by molar-refractivity contribution is -0.0942. The van der Waals surface area contributed by atoms with Crippen LogP contribution in [0.5, 0.6) is 17.2 Å². The molecule has 0 fully saturated rings. The van der Waals surface area contributed by atoms with Gasteiger partial charge >= 0.3 is 7.32 Å². The molecule has 37 heavy (non-hydrogen) atoms. The first-order valence-corrected chi connectivity index (χ1v) is 11.7. The minimum atomic E-state index is -1.04. The zero-order valence-corrected chi connectivity index (χ0v) is 21.4. The van der Waals surface area contributed by atoms with E-state index in [9.17, 15) is 0 Å². The number of ether oxygens (including phenoxy) is 6. The smallest absolute Gasteiger partial charge is 0.497 e. The third-order valence-corrected chi connectivity index (χ3v) is 5.15. The first-order chi connectivity index (χ1) is 18.2. The van der Waals surface area contributed by atoms with Crippen LogP contribution in [0.25, 0.3) is 0 Å². The van der Waals surface area contributed by atoms with Crippen molar-refractivity contribution in [3.8, 4) is 17.2 Å². The van der Waals surface area contributed by atoms with Crippen molar-refractivity contribution in [3.05, 3.63) is 89.5 Å². The van der Waals surface area contributed by atoms with Crippen LogP contribution in [0.2, 0.25) is 0 Å². The van der Waals surface area contributed by atoms with Crippen LogP contribution in [-0.4, -0.2) is 49.0 Å². The van der Waals surface area contributed by atoms with E-state index in [1.54, 1.807) is 21.3 Å². The Morgan fingerprint density at radius 2 is 0.703 bits per heavy atom. The highest BCUT2D eigenvalue weighted by Gasteiger charge is 2.22. The second-order valence-corrected chi connectivity index (χ2v) is 7.73. The van der Waals surface area contributed by atoms with E-state index in [4.69, 9.17) is 42.4 Å². The summed E-state index contributed by atoms with van der Waals surface area (Å²) in [6, 6.07) is 22.7. The fraction of sp³-hybridized carbons (Fsp3) is 0.333. The van der Waals surface area contributed by atoms with Crippen molar-refractivity contribution in [1.82, 2.24) is 0 Å². The van der Waals surface area contributed by atoms with Gasteiger partial charge in [-0.05, 0) is 53.1 Å². The van der Waals surface area contributed by atoms with E-state index in [0.29, 0.717) is 19.8 Å². The van der Waals surface area contributed by atoms with Crippen molar-refractivity contribution < 1.29 is 42.4 Å². The van der Waals surface area contributed by atoms with Crippen molar-refractivity contribution in [2.24, 2.45) is 0 Å². The molecule has 0 N–H and O–H groups in total. The van der Waals surface area contributed by atoms with Gasteiger partial charge in [-0.15, -0.1) is 0 Å². The maximum atomic E-state index is 5.59. The molecule has 0 aromatic heterocycles. The summed E-state index contributed by atoms with van der Waals surface area (Å²) in [5, 5.41) is 0. The van der Waals surface area contributed by atoms with Crippen LogP contribution in [0.15, 0.2) is 72.8 Å². The summed E-state index contributed by atoms with van der Waals surface area (Å²) in [6.07, 6.45) is 0. The molecule has 9 nitrogen and oxygen atoms in total. The zero-order chi connectivity index (χ0) is 26.1. The molecule has 3 aromatic rings. The highest BCUT2D eigenvalue weighted by Crippen LogP contribution is 2.14. The Morgan fingerprint density at radius 3 is 0.946 bits per heavy atom. The van der Waals surface area contributed by atoms with Crippen LogP contribution in [-0.2, 0) is 48.0 Å². The summed E-state index contributed by atoms with van der Waals surface area (Å²) < 4.78 is 49.0. The molecule has 0 aliphatic rings. The summed E-state index contributed by atoms with van der Waals surface area (Å²) in [5.41, 5.74) is 2.94. The van der Waals surface area contributed by atoms with Crippen molar-refractivity contribution in [2.75, 3.05) is 41.7 Å². The lowest BCUT2D eigenvalue weighted by Crippen LogP contribution is -2.30. The largest absolute Gasteiger partial charge is 0.644 e. The van der Waals surface area contributed by atoms with Crippen LogP contribution in [0, 0.1) is 0 Å². The van der Waals surface area contributed by atoms with Crippen LogP contribution >= 0.6 is 0 Å². The number of hydrogen-bond donors (Lipinski definition) is 0. The molecule has 10 heteroatoms. The van der Waals surface area contributed by atoms with E-state index >= 15 is 0 Å². The van der Waals surface area contributed by atoms with Gasteiger partial charge in [0.1, 0.15) is 37.6 Å².